The molecular formula is C27H28N2O5. The standard InChI is InChI=1S/C27H28N2O5/c30-26(32-18-21-12-6-2-7-13-21)28-23(16-20-10-4-1-5-11-20)17-24-25(34-24)29-27(31)33-19-22-14-8-3-9-15-22/h1-15,23-25H,16-19H2,(H,28,30)(H,29,31)/t23-,24?,25?/m0/s1. The molecule has 3 aromatic carbocycles. The van der Waals surface area contributed by atoms with Gasteiger partial charge in [0.2, 0.25) is 0 Å². The van der Waals surface area contributed by atoms with Crippen molar-refractivity contribution in [2.24, 2.45) is 0 Å². The Morgan fingerprint density at radius 3 is 1.79 bits per heavy atom. The molecule has 3 atom stereocenters. The molecular weight excluding hydrogens is 432 g/mol. The Balaban J connectivity index is 1.25. The first-order valence-electron chi connectivity index (χ1n) is 11.3. The fourth-order valence-electron chi connectivity index (χ4n) is 3.63. The molecule has 2 amide bonds. The van der Waals surface area contributed by atoms with E-state index in [2.05, 4.69) is 10.6 Å². The maximum atomic E-state index is 12.4. The van der Waals surface area contributed by atoms with E-state index in [1.54, 1.807) is 0 Å². The van der Waals surface area contributed by atoms with E-state index in [4.69, 9.17) is 14.2 Å². The highest BCUT2D eigenvalue weighted by molar-refractivity contribution is 5.68. The van der Waals surface area contributed by atoms with Gasteiger partial charge in [0.25, 0.3) is 0 Å². The molecule has 0 radical (unpaired) electrons. The van der Waals surface area contributed by atoms with E-state index >= 15 is 0 Å². The van der Waals surface area contributed by atoms with Crippen LogP contribution in [0.5, 0.6) is 0 Å². The lowest BCUT2D eigenvalue weighted by molar-refractivity contribution is 0.134. The Morgan fingerprint density at radius 1 is 0.735 bits per heavy atom. The molecule has 2 unspecified atom stereocenters. The Labute approximate surface area is 199 Å². The van der Waals surface area contributed by atoms with E-state index in [0.717, 1.165) is 16.7 Å². The fraction of sp³-hybridized carbons (Fsp3) is 0.259. The van der Waals surface area contributed by atoms with Crippen molar-refractivity contribution in [3.63, 3.8) is 0 Å². The molecule has 0 saturated carbocycles. The number of hydrogen-bond donors (Lipinski definition) is 2. The number of carbonyl (C=O) groups is 2. The molecule has 0 bridgehead atoms. The van der Waals surface area contributed by atoms with Crippen molar-refractivity contribution >= 4 is 12.2 Å². The van der Waals surface area contributed by atoms with Gasteiger partial charge in [-0.05, 0) is 29.5 Å². The van der Waals surface area contributed by atoms with E-state index in [1.165, 1.54) is 0 Å². The molecule has 1 aliphatic rings. The molecule has 34 heavy (non-hydrogen) atoms. The van der Waals surface area contributed by atoms with Crippen LogP contribution in [0.25, 0.3) is 0 Å². The quantitative estimate of drug-likeness (QED) is 0.433. The summed E-state index contributed by atoms with van der Waals surface area (Å²) in [5.74, 6) is 0. The molecule has 4 rings (SSSR count). The van der Waals surface area contributed by atoms with Crippen LogP contribution in [0, 0.1) is 0 Å². The average Bonchev–Trinajstić information content (AvgIpc) is 3.60. The van der Waals surface area contributed by atoms with Gasteiger partial charge in [0, 0.05) is 6.04 Å². The second-order valence-corrected chi connectivity index (χ2v) is 8.13. The lowest BCUT2D eigenvalue weighted by Gasteiger charge is -2.18. The predicted molar refractivity (Wildman–Crippen MR) is 127 cm³/mol. The van der Waals surface area contributed by atoms with Crippen LogP contribution in [0.4, 0.5) is 9.59 Å². The summed E-state index contributed by atoms with van der Waals surface area (Å²) in [6, 6.07) is 28.6. The number of benzene rings is 3. The van der Waals surface area contributed by atoms with Crippen LogP contribution >= 0.6 is 0 Å². The number of rotatable bonds is 10. The molecule has 1 saturated heterocycles. The van der Waals surface area contributed by atoms with Gasteiger partial charge < -0.3 is 19.5 Å². The minimum atomic E-state index is -0.536. The smallest absolute Gasteiger partial charge is 0.409 e. The van der Waals surface area contributed by atoms with E-state index in [0.29, 0.717) is 12.8 Å². The van der Waals surface area contributed by atoms with Crippen molar-refractivity contribution in [1.82, 2.24) is 10.6 Å². The summed E-state index contributed by atoms with van der Waals surface area (Å²) in [7, 11) is 0. The number of ether oxygens (including phenoxy) is 3. The maximum Gasteiger partial charge on any atom is 0.409 e. The van der Waals surface area contributed by atoms with Crippen molar-refractivity contribution in [2.75, 3.05) is 0 Å². The minimum absolute atomic E-state index is 0.190. The van der Waals surface area contributed by atoms with Gasteiger partial charge in [0.05, 0.1) is 0 Å². The fourth-order valence-corrected chi connectivity index (χ4v) is 3.63. The summed E-state index contributed by atoms with van der Waals surface area (Å²) in [6.45, 7) is 0.387. The van der Waals surface area contributed by atoms with Gasteiger partial charge >= 0.3 is 12.2 Å². The summed E-state index contributed by atoms with van der Waals surface area (Å²) in [5, 5.41) is 5.66. The Bertz CT molecular complexity index is 1050. The Hall–Kier alpha value is -3.84. The van der Waals surface area contributed by atoms with Gasteiger partial charge in [-0.1, -0.05) is 91.0 Å². The van der Waals surface area contributed by atoms with Gasteiger partial charge in [-0.2, -0.15) is 0 Å². The third kappa shape index (κ3) is 7.64. The first-order valence-corrected chi connectivity index (χ1v) is 11.3. The molecule has 1 fully saturated rings. The summed E-state index contributed by atoms with van der Waals surface area (Å²) < 4.78 is 16.2. The molecule has 0 aliphatic carbocycles. The van der Waals surface area contributed by atoms with E-state index in [9.17, 15) is 9.59 Å². The van der Waals surface area contributed by atoms with Gasteiger partial charge in [-0.15, -0.1) is 0 Å². The van der Waals surface area contributed by atoms with Gasteiger partial charge in [-0.25, -0.2) is 9.59 Å². The number of nitrogens with one attached hydrogen (secondary N) is 2. The SMILES string of the molecule is O=C(NC1OC1C[C@H](Cc1ccccc1)NC(=O)OCc1ccccc1)OCc1ccccc1. The Morgan fingerprint density at radius 2 is 1.24 bits per heavy atom. The van der Waals surface area contributed by atoms with Crippen LogP contribution < -0.4 is 10.6 Å². The highest BCUT2D eigenvalue weighted by Crippen LogP contribution is 2.26. The van der Waals surface area contributed by atoms with Crippen molar-refractivity contribution in [2.45, 2.75) is 44.4 Å². The number of carbonyl (C=O) groups excluding carboxylic acids is 2. The summed E-state index contributed by atoms with van der Waals surface area (Å²) in [4.78, 5) is 24.5. The number of alkyl carbamates (subject to hydrolysis) is 2. The second kappa shape index (κ2) is 11.9. The van der Waals surface area contributed by atoms with E-state index in [1.807, 2.05) is 91.0 Å². The van der Waals surface area contributed by atoms with Crippen LogP contribution in [0.1, 0.15) is 23.1 Å². The molecule has 176 valence electrons. The summed E-state index contributed by atoms with van der Waals surface area (Å²) >= 11 is 0. The highest BCUT2D eigenvalue weighted by Gasteiger charge is 2.42. The van der Waals surface area contributed by atoms with Crippen molar-refractivity contribution < 1.29 is 23.8 Å². The zero-order valence-corrected chi connectivity index (χ0v) is 18.8. The van der Waals surface area contributed by atoms with Crippen molar-refractivity contribution in [3.8, 4) is 0 Å². The van der Waals surface area contributed by atoms with Gasteiger partial charge in [0.1, 0.15) is 19.3 Å². The van der Waals surface area contributed by atoms with Crippen LogP contribution in [-0.4, -0.2) is 30.6 Å². The van der Waals surface area contributed by atoms with Crippen LogP contribution in [0.3, 0.4) is 0 Å². The second-order valence-electron chi connectivity index (χ2n) is 8.13. The van der Waals surface area contributed by atoms with E-state index in [-0.39, 0.29) is 25.4 Å². The maximum absolute atomic E-state index is 12.4. The third-order valence-corrected chi connectivity index (χ3v) is 5.43. The normalized spacial score (nSPS) is 17.3. The van der Waals surface area contributed by atoms with Crippen molar-refractivity contribution in [3.05, 3.63) is 108 Å². The summed E-state index contributed by atoms with van der Waals surface area (Å²) in [6.07, 6.45) is -0.537. The average molecular weight is 461 g/mol. The topological polar surface area (TPSA) is 89.2 Å². The first-order chi connectivity index (χ1) is 16.7. The van der Waals surface area contributed by atoms with Crippen LogP contribution in [0.2, 0.25) is 0 Å². The first kappa shape index (κ1) is 23.3. The number of hydrogen-bond acceptors (Lipinski definition) is 5. The molecule has 0 aromatic heterocycles. The van der Waals surface area contributed by atoms with Gasteiger partial charge in [-0.3, -0.25) is 5.32 Å². The molecule has 1 aliphatic heterocycles. The zero-order chi connectivity index (χ0) is 23.6. The highest BCUT2D eigenvalue weighted by atomic mass is 16.6. The lowest BCUT2D eigenvalue weighted by atomic mass is 10.0. The molecule has 3 aromatic rings. The third-order valence-electron chi connectivity index (χ3n) is 5.43. The van der Waals surface area contributed by atoms with Crippen LogP contribution in [-0.2, 0) is 33.8 Å². The molecule has 7 nitrogen and oxygen atoms in total. The van der Waals surface area contributed by atoms with Gasteiger partial charge in [0.15, 0.2) is 6.23 Å². The summed E-state index contributed by atoms with van der Waals surface area (Å²) in [5.41, 5.74) is 2.91. The van der Waals surface area contributed by atoms with Crippen LogP contribution in [0.15, 0.2) is 91.0 Å². The molecule has 7 heteroatoms. The molecule has 0 spiro atoms. The number of amides is 2. The zero-order valence-electron chi connectivity index (χ0n) is 18.8. The lowest BCUT2D eigenvalue weighted by Crippen LogP contribution is -2.38. The molecule has 2 N–H and O–H groups in total. The monoisotopic (exact) mass is 460 g/mol. The Kier molecular flexibility index (Phi) is 8.13. The minimum Gasteiger partial charge on any atom is -0.445 e. The van der Waals surface area contributed by atoms with E-state index < -0.39 is 18.4 Å². The largest absolute Gasteiger partial charge is 0.445 e. The van der Waals surface area contributed by atoms with Crippen molar-refractivity contribution in [1.29, 1.82) is 0 Å². The predicted octanol–water partition coefficient (Wildman–Crippen LogP) is 4.57. The number of epoxide rings is 1. The molecule has 1 heterocycles.